The lowest BCUT2D eigenvalue weighted by molar-refractivity contribution is -0.117. The largest absolute Gasteiger partial charge is 0.376 e. The molecule has 3 aromatic rings. The minimum atomic E-state index is -0.410. The Morgan fingerprint density at radius 1 is 1.23 bits per heavy atom. The second kappa shape index (κ2) is 9.95. The number of benzene rings is 1. The Hall–Kier alpha value is -2.20. The number of nitrogens with two attached hydrogens (primary N) is 1. The molecule has 10 heteroatoms. The second-order valence-electron chi connectivity index (χ2n) is 7.18. The van der Waals surface area contributed by atoms with Crippen LogP contribution < -0.4 is 5.73 Å². The number of carbonyl (C=O) groups excluding carboxylic acids is 2. The molecule has 0 aliphatic carbocycles. The first-order valence-electron chi connectivity index (χ1n) is 9.83. The van der Waals surface area contributed by atoms with Gasteiger partial charge >= 0.3 is 0 Å². The van der Waals surface area contributed by atoms with Gasteiger partial charge in [-0.2, -0.15) is 0 Å². The lowest BCUT2D eigenvalue weighted by Crippen LogP contribution is -2.17. The van der Waals surface area contributed by atoms with Crippen molar-refractivity contribution < 1.29 is 14.3 Å². The van der Waals surface area contributed by atoms with Gasteiger partial charge < -0.3 is 10.5 Å². The number of hydrogen-bond acceptors (Lipinski definition) is 7. The third-order valence-electron chi connectivity index (χ3n) is 4.85. The summed E-state index contributed by atoms with van der Waals surface area (Å²) in [5, 5.41) is 10.0. The molecule has 0 bridgehead atoms. The van der Waals surface area contributed by atoms with Crippen LogP contribution in [0.4, 0.5) is 0 Å². The van der Waals surface area contributed by atoms with E-state index >= 15 is 0 Å². The number of nitrogens with zero attached hydrogens (tertiary/aromatic N) is 3. The van der Waals surface area contributed by atoms with Gasteiger partial charge in [-0.1, -0.05) is 23.4 Å². The summed E-state index contributed by atoms with van der Waals surface area (Å²) in [5.74, 6) is 0.514. The zero-order chi connectivity index (χ0) is 21.8. The van der Waals surface area contributed by atoms with E-state index in [1.807, 2.05) is 28.8 Å². The number of hydrogen-bond donors (Lipinski definition) is 1. The molecular weight excluding hydrogens is 456 g/mol. The monoisotopic (exact) mass is 476 g/mol. The molecule has 3 heterocycles. The summed E-state index contributed by atoms with van der Waals surface area (Å²) in [6, 6.07) is 11.0. The number of aromatic nitrogens is 3. The van der Waals surface area contributed by atoms with Crippen molar-refractivity contribution in [2.75, 3.05) is 12.4 Å². The van der Waals surface area contributed by atoms with Crippen molar-refractivity contribution in [1.29, 1.82) is 0 Å². The highest BCUT2D eigenvalue weighted by molar-refractivity contribution is 7.99. The Morgan fingerprint density at radius 2 is 2.03 bits per heavy atom. The lowest BCUT2D eigenvalue weighted by Gasteiger charge is -2.14. The number of ether oxygens (including phenoxy) is 1. The fourth-order valence-electron chi connectivity index (χ4n) is 3.36. The molecule has 2 aromatic heterocycles. The van der Waals surface area contributed by atoms with Crippen LogP contribution in [-0.2, 0) is 22.5 Å². The highest BCUT2D eigenvalue weighted by Gasteiger charge is 2.22. The topological polar surface area (TPSA) is 100 Å². The molecule has 7 nitrogen and oxygen atoms in total. The van der Waals surface area contributed by atoms with E-state index in [2.05, 4.69) is 10.2 Å². The SMILES string of the molecule is NC(=O)Cc1ccc(C(=O)CSc2nnc(-c3ccc(Cl)cc3)n2C[C@H]2CCCO2)s1. The van der Waals surface area contributed by atoms with Crippen molar-refractivity contribution in [3.8, 4) is 11.4 Å². The average Bonchev–Trinajstić information content (AvgIpc) is 3.49. The molecule has 1 atom stereocenters. The van der Waals surface area contributed by atoms with Gasteiger partial charge in [0.2, 0.25) is 5.91 Å². The lowest BCUT2D eigenvalue weighted by atomic mass is 10.2. The molecule has 1 aliphatic heterocycles. The van der Waals surface area contributed by atoms with Crippen LogP contribution in [0.15, 0.2) is 41.6 Å². The van der Waals surface area contributed by atoms with Gasteiger partial charge in [0.25, 0.3) is 0 Å². The summed E-state index contributed by atoms with van der Waals surface area (Å²) >= 11 is 8.67. The first kappa shape index (κ1) is 22.0. The van der Waals surface area contributed by atoms with Crippen molar-refractivity contribution in [1.82, 2.24) is 14.8 Å². The highest BCUT2D eigenvalue weighted by Crippen LogP contribution is 2.28. The maximum Gasteiger partial charge on any atom is 0.222 e. The number of thiophene rings is 1. The molecule has 162 valence electrons. The summed E-state index contributed by atoms with van der Waals surface area (Å²) in [5.41, 5.74) is 6.13. The van der Waals surface area contributed by atoms with Crippen LogP contribution in [0.3, 0.4) is 0 Å². The molecule has 1 aromatic carbocycles. The van der Waals surface area contributed by atoms with E-state index in [9.17, 15) is 9.59 Å². The minimum Gasteiger partial charge on any atom is -0.376 e. The van der Waals surface area contributed by atoms with E-state index in [4.69, 9.17) is 22.1 Å². The molecule has 0 saturated carbocycles. The van der Waals surface area contributed by atoms with E-state index in [1.165, 1.54) is 23.1 Å². The number of amides is 1. The van der Waals surface area contributed by atoms with Crippen LogP contribution in [0.25, 0.3) is 11.4 Å². The molecular formula is C21H21ClN4O3S2. The molecule has 1 amide bonds. The zero-order valence-electron chi connectivity index (χ0n) is 16.6. The molecule has 1 fully saturated rings. The molecule has 0 unspecified atom stereocenters. The first-order chi connectivity index (χ1) is 15.0. The van der Waals surface area contributed by atoms with Crippen LogP contribution in [-0.4, -0.2) is 44.9 Å². The van der Waals surface area contributed by atoms with Crippen molar-refractivity contribution >= 4 is 46.4 Å². The standard InChI is InChI=1S/C21H21ClN4O3S2/c22-14-5-3-13(4-6-14)20-24-25-21(26(20)11-15-2-1-9-29-15)30-12-17(27)18-8-7-16(31-18)10-19(23)28/h3-8,15H,1-2,9-12H2,(H2,23,28)/t15-/m1/s1. The summed E-state index contributed by atoms with van der Waals surface area (Å²) in [6.45, 7) is 1.39. The van der Waals surface area contributed by atoms with Crippen LogP contribution in [0.5, 0.6) is 0 Å². The fraction of sp³-hybridized carbons (Fsp3) is 0.333. The van der Waals surface area contributed by atoms with Crippen LogP contribution in [0.2, 0.25) is 5.02 Å². The van der Waals surface area contributed by atoms with Gasteiger partial charge in [0.1, 0.15) is 0 Å². The number of carbonyl (C=O) groups is 2. The maximum absolute atomic E-state index is 12.7. The van der Waals surface area contributed by atoms with Crippen molar-refractivity contribution in [2.45, 2.75) is 37.1 Å². The predicted octanol–water partition coefficient (Wildman–Crippen LogP) is 3.84. The predicted molar refractivity (Wildman–Crippen MR) is 122 cm³/mol. The molecule has 1 aliphatic rings. The normalized spacial score (nSPS) is 16.0. The number of halogens is 1. The fourth-order valence-corrected chi connectivity index (χ4v) is 5.36. The van der Waals surface area contributed by atoms with Gasteiger partial charge in [-0.05, 0) is 49.2 Å². The Labute approximate surface area is 192 Å². The number of rotatable bonds is 9. The van der Waals surface area contributed by atoms with Crippen molar-refractivity contribution in [3.05, 3.63) is 51.2 Å². The zero-order valence-corrected chi connectivity index (χ0v) is 19.0. The number of Topliss-reactive ketones (excluding diaryl/α,β-unsaturated/α-hetero) is 1. The van der Waals surface area contributed by atoms with Gasteiger partial charge in [0.15, 0.2) is 16.8 Å². The summed E-state index contributed by atoms with van der Waals surface area (Å²) in [7, 11) is 0. The van der Waals surface area contributed by atoms with E-state index in [0.29, 0.717) is 21.6 Å². The van der Waals surface area contributed by atoms with Gasteiger partial charge in [0.05, 0.1) is 29.7 Å². The average molecular weight is 477 g/mol. The van der Waals surface area contributed by atoms with Crippen LogP contribution in [0.1, 0.15) is 27.4 Å². The number of thioether (sulfide) groups is 1. The van der Waals surface area contributed by atoms with Gasteiger partial charge in [0, 0.05) is 22.1 Å². The highest BCUT2D eigenvalue weighted by atomic mass is 35.5. The molecule has 31 heavy (non-hydrogen) atoms. The molecule has 2 N–H and O–H groups in total. The minimum absolute atomic E-state index is 0.0228. The Bertz CT molecular complexity index is 1070. The molecule has 0 spiro atoms. The summed E-state index contributed by atoms with van der Waals surface area (Å²) in [6.07, 6.45) is 2.27. The Balaban J connectivity index is 1.51. The number of primary amides is 1. The van der Waals surface area contributed by atoms with Crippen LogP contribution >= 0.6 is 34.7 Å². The van der Waals surface area contributed by atoms with Crippen LogP contribution in [0, 0.1) is 0 Å². The Morgan fingerprint density at radius 3 is 2.74 bits per heavy atom. The molecule has 0 radical (unpaired) electrons. The van der Waals surface area contributed by atoms with Crippen molar-refractivity contribution in [2.24, 2.45) is 5.73 Å². The Kier molecular flexibility index (Phi) is 7.06. The summed E-state index contributed by atoms with van der Waals surface area (Å²) < 4.78 is 7.83. The van der Waals surface area contributed by atoms with E-state index in [-0.39, 0.29) is 24.1 Å². The second-order valence-corrected chi connectivity index (χ2v) is 9.73. The van der Waals surface area contributed by atoms with E-state index in [0.717, 1.165) is 35.7 Å². The van der Waals surface area contributed by atoms with Crippen molar-refractivity contribution in [3.63, 3.8) is 0 Å². The third-order valence-corrected chi connectivity index (χ3v) is 7.19. The molecule has 4 rings (SSSR count). The third kappa shape index (κ3) is 5.54. The maximum atomic E-state index is 12.7. The van der Waals surface area contributed by atoms with Gasteiger partial charge in [-0.15, -0.1) is 21.5 Å². The first-order valence-corrected chi connectivity index (χ1v) is 12.0. The molecule has 1 saturated heterocycles. The number of ketones is 1. The quantitative estimate of drug-likeness (QED) is 0.372. The van der Waals surface area contributed by atoms with Gasteiger partial charge in [-0.3, -0.25) is 14.2 Å². The van der Waals surface area contributed by atoms with Gasteiger partial charge in [-0.25, -0.2) is 0 Å². The smallest absolute Gasteiger partial charge is 0.222 e. The van der Waals surface area contributed by atoms with E-state index in [1.54, 1.807) is 12.1 Å². The van der Waals surface area contributed by atoms with E-state index < -0.39 is 5.91 Å². The summed E-state index contributed by atoms with van der Waals surface area (Å²) in [4.78, 5) is 25.1.